The van der Waals surface area contributed by atoms with Gasteiger partial charge in [-0.25, -0.2) is 4.98 Å². The first-order chi connectivity index (χ1) is 13.2. The minimum absolute atomic E-state index is 0.0801. The lowest BCUT2D eigenvalue weighted by molar-refractivity contribution is -0.121. The fourth-order valence-electron chi connectivity index (χ4n) is 3.19. The molecule has 0 radical (unpaired) electrons. The topological polar surface area (TPSA) is 65.4 Å². The molecule has 0 unspecified atom stereocenters. The van der Waals surface area contributed by atoms with Crippen molar-refractivity contribution in [2.45, 2.75) is 12.5 Å². The Balaban J connectivity index is 1.53. The molecule has 0 spiro atoms. The van der Waals surface area contributed by atoms with Crippen LogP contribution in [0.4, 0.5) is 0 Å². The molecule has 1 N–H and O–H groups in total. The van der Waals surface area contributed by atoms with E-state index in [9.17, 15) is 4.79 Å². The highest BCUT2D eigenvalue weighted by molar-refractivity contribution is 5.79. The molecule has 6 heteroatoms. The fraction of sp³-hybridized carbons (Fsp3) is 0.238. The van der Waals surface area contributed by atoms with Gasteiger partial charge >= 0.3 is 0 Å². The van der Waals surface area contributed by atoms with Crippen LogP contribution in [0, 0.1) is 0 Å². The molecule has 1 atom stereocenters. The fourth-order valence-corrected chi connectivity index (χ4v) is 3.19. The average Bonchev–Trinajstić information content (AvgIpc) is 3.12. The molecule has 3 aromatic rings. The maximum Gasteiger partial charge on any atom is 0.225 e. The Morgan fingerprint density at radius 2 is 1.93 bits per heavy atom. The summed E-state index contributed by atoms with van der Waals surface area (Å²) in [6.45, 7) is 1.08. The first-order valence-corrected chi connectivity index (χ1v) is 8.91. The van der Waals surface area contributed by atoms with E-state index in [-0.39, 0.29) is 18.4 Å². The van der Waals surface area contributed by atoms with Gasteiger partial charge in [-0.2, -0.15) is 0 Å². The number of ether oxygens (including phenoxy) is 2. The van der Waals surface area contributed by atoms with Gasteiger partial charge in [-0.05, 0) is 23.3 Å². The van der Waals surface area contributed by atoms with E-state index in [1.165, 1.54) is 0 Å². The predicted molar refractivity (Wildman–Crippen MR) is 101 cm³/mol. The zero-order valence-corrected chi connectivity index (χ0v) is 15.1. The third-order valence-corrected chi connectivity index (χ3v) is 4.53. The summed E-state index contributed by atoms with van der Waals surface area (Å²) in [5.41, 5.74) is 1.87. The normalized spacial score (nSPS) is 13.8. The van der Waals surface area contributed by atoms with Crippen LogP contribution in [0.15, 0.2) is 60.9 Å². The number of benzene rings is 2. The van der Waals surface area contributed by atoms with Crippen molar-refractivity contribution < 1.29 is 14.3 Å². The van der Waals surface area contributed by atoms with Crippen molar-refractivity contribution in [2.75, 3.05) is 13.2 Å². The largest absolute Gasteiger partial charge is 0.486 e. The summed E-state index contributed by atoms with van der Waals surface area (Å²) in [4.78, 5) is 17.2. The smallest absolute Gasteiger partial charge is 0.225 e. The number of imidazole rings is 1. The van der Waals surface area contributed by atoms with E-state index in [1.807, 2.05) is 66.3 Å². The summed E-state index contributed by atoms with van der Waals surface area (Å²) >= 11 is 0. The molecule has 0 aliphatic carbocycles. The highest BCUT2D eigenvalue weighted by Gasteiger charge is 2.21. The van der Waals surface area contributed by atoms with Crippen molar-refractivity contribution in [2.24, 2.45) is 7.05 Å². The zero-order valence-electron chi connectivity index (χ0n) is 15.1. The molecular formula is C21H21N3O3. The molecule has 4 rings (SSSR count). The Kier molecular flexibility index (Phi) is 4.78. The van der Waals surface area contributed by atoms with Crippen molar-refractivity contribution in [3.05, 3.63) is 77.9 Å². The quantitative estimate of drug-likeness (QED) is 0.757. The van der Waals surface area contributed by atoms with E-state index in [2.05, 4.69) is 10.3 Å². The first-order valence-electron chi connectivity index (χ1n) is 8.91. The number of rotatable bonds is 5. The van der Waals surface area contributed by atoms with E-state index in [0.29, 0.717) is 19.0 Å². The molecule has 0 bridgehead atoms. The van der Waals surface area contributed by atoms with Crippen LogP contribution in [0.2, 0.25) is 0 Å². The summed E-state index contributed by atoms with van der Waals surface area (Å²) in [6, 6.07) is 15.2. The summed E-state index contributed by atoms with van der Waals surface area (Å²) < 4.78 is 13.1. The molecule has 0 saturated heterocycles. The van der Waals surface area contributed by atoms with E-state index in [4.69, 9.17) is 9.47 Å². The lowest BCUT2D eigenvalue weighted by Crippen LogP contribution is -2.32. The minimum atomic E-state index is -0.309. The molecule has 6 nitrogen and oxygen atoms in total. The van der Waals surface area contributed by atoms with Crippen LogP contribution in [0.1, 0.15) is 23.0 Å². The Morgan fingerprint density at radius 1 is 1.15 bits per heavy atom. The third kappa shape index (κ3) is 3.79. The Labute approximate surface area is 157 Å². The lowest BCUT2D eigenvalue weighted by Gasteiger charge is -2.20. The van der Waals surface area contributed by atoms with Crippen LogP contribution < -0.4 is 14.8 Å². The highest BCUT2D eigenvalue weighted by Crippen LogP contribution is 2.31. The number of nitrogens with zero attached hydrogens (tertiary/aromatic N) is 2. The van der Waals surface area contributed by atoms with Crippen molar-refractivity contribution in [3.63, 3.8) is 0 Å². The number of aryl methyl sites for hydroxylation is 1. The number of carbonyl (C=O) groups excluding carboxylic acids is 1. The highest BCUT2D eigenvalue weighted by atomic mass is 16.6. The van der Waals surface area contributed by atoms with Crippen LogP contribution in [0.25, 0.3) is 0 Å². The van der Waals surface area contributed by atoms with Gasteiger partial charge in [0.25, 0.3) is 0 Å². The van der Waals surface area contributed by atoms with Gasteiger partial charge in [0.1, 0.15) is 25.1 Å². The second kappa shape index (κ2) is 7.53. The van der Waals surface area contributed by atoms with Crippen molar-refractivity contribution in [1.82, 2.24) is 14.9 Å². The Morgan fingerprint density at radius 3 is 2.67 bits per heavy atom. The zero-order chi connectivity index (χ0) is 18.6. The minimum Gasteiger partial charge on any atom is -0.486 e. The van der Waals surface area contributed by atoms with Gasteiger partial charge in [0.2, 0.25) is 5.91 Å². The van der Waals surface area contributed by atoms with Gasteiger partial charge in [-0.15, -0.1) is 0 Å². The number of hydrogen-bond donors (Lipinski definition) is 1. The third-order valence-electron chi connectivity index (χ3n) is 4.53. The van der Waals surface area contributed by atoms with Crippen molar-refractivity contribution in [1.29, 1.82) is 0 Å². The molecule has 1 aromatic heterocycles. The van der Waals surface area contributed by atoms with Crippen LogP contribution >= 0.6 is 0 Å². The number of fused-ring (bicyclic) bond motifs is 1. The van der Waals surface area contributed by atoms with Crippen LogP contribution in [0.3, 0.4) is 0 Å². The lowest BCUT2D eigenvalue weighted by atomic mass is 10.0. The summed E-state index contributed by atoms with van der Waals surface area (Å²) in [5.74, 6) is 2.12. The summed E-state index contributed by atoms with van der Waals surface area (Å²) in [6.07, 6.45) is 3.86. The number of nitrogens with one attached hydrogen (secondary N) is 1. The van der Waals surface area contributed by atoms with Gasteiger partial charge in [-0.1, -0.05) is 36.4 Å². The number of aromatic nitrogens is 2. The number of amides is 1. The SMILES string of the molecule is Cn1ccnc1[C@H](NC(=O)Cc1ccc2c(c1)OCCO2)c1ccccc1. The van der Waals surface area contributed by atoms with E-state index in [0.717, 1.165) is 22.7 Å². The molecule has 27 heavy (non-hydrogen) atoms. The number of carbonyl (C=O) groups is 1. The first kappa shape index (κ1) is 17.1. The molecule has 2 aromatic carbocycles. The summed E-state index contributed by atoms with van der Waals surface area (Å²) in [5, 5.41) is 3.11. The molecule has 138 valence electrons. The van der Waals surface area contributed by atoms with Crippen molar-refractivity contribution >= 4 is 5.91 Å². The van der Waals surface area contributed by atoms with Crippen molar-refractivity contribution in [3.8, 4) is 11.5 Å². The van der Waals surface area contributed by atoms with Crippen LogP contribution in [-0.4, -0.2) is 28.7 Å². The molecule has 0 fully saturated rings. The molecule has 1 amide bonds. The maximum atomic E-state index is 12.8. The maximum absolute atomic E-state index is 12.8. The Bertz CT molecular complexity index is 937. The Hall–Kier alpha value is -3.28. The molecule has 0 saturated carbocycles. The van der Waals surface area contributed by atoms with E-state index < -0.39 is 0 Å². The van der Waals surface area contributed by atoms with E-state index >= 15 is 0 Å². The van der Waals surface area contributed by atoms with Gasteiger partial charge in [0.15, 0.2) is 11.5 Å². The monoisotopic (exact) mass is 363 g/mol. The second-order valence-corrected chi connectivity index (χ2v) is 6.46. The second-order valence-electron chi connectivity index (χ2n) is 6.46. The van der Waals surface area contributed by atoms with Gasteiger partial charge < -0.3 is 19.4 Å². The standard InChI is InChI=1S/C21H21N3O3/c1-24-10-9-22-21(24)20(16-5-3-2-4-6-16)23-19(25)14-15-7-8-17-18(13-15)27-12-11-26-17/h2-10,13,20H,11-12,14H2,1H3,(H,23,25)/t20-/m1/s1. The average molecular weight is 363 g/mol. The molecular weight excluding hydrogens is 342 g/mol. The van der Waals surface area contributed by atoms with E-state index in [1.54, 1.807) is 6.20 Å². The molecule has 1 aliphatic rings. The van der Waals surface area contributed by atoms with Crippen LogP contribution in [-0.2, 0) is 18.3 Å². The van der Waals surface area contributed by atoms with Gasteiger partial charge in [0.05, 0.1) is 6.42 Å². The summed E-state index contributed by atoms with van der Waals surface area (Å²) in [7, 11) is 1.92. The number of hydrogen-bond acceptors (Lipinski definition) is 4. The predicted octanol–water partition coefficient (Wildman–Crippen LogP) is 2.64. The molecule has 1 aliphatic heterocycles. The van der Waals surface area contributed by atoms with Gasteiger partial charge in [0, 0.05) is 19.4 Å². The molecule has 2 heterocycles. The van der Waals surface area contributed by atoms with Gasteiger partial charge in [-0.3, -0.25) is 4.79 Å². The van der Waals surface area contributed by atoms with Crippen LogP contribution in [0.5, 0.6) is 11.5 Å².